The van der Waals surface area contributed by atoms with Gasteiger partial charge in [0.1, 0.15) is 0 Å². The highest BCUT2D eigenvalue weighted by atomic mass is 79.9. The van der Waals surface area contributed by atoms with Crippen LogP contribution in [-0.4, -0.2) is 14.7 Å². The van der Waals surface area contributed by atoms with Gasteiger partial charge in [-0.3, -0.25) is 0 Å². The molecule has 1 heterocycles. The minimum atomic E-state index is -0.508. The first kappa shape index (κ1) is 11.4. The molecule has 3 nitrogen and oxygen atoms in total. The molecule has 1 aromatic carbocycles. The van der Waals surface area contributed by atoms with E-state index in [-0.39, 0.29) is 0 Å². The molecular weight excluding hydrogens is 268 g/mol. The maximum atomic E-state index is 10.0. The van der Waals surface area contributed by atoms with Crippen LogP contribution >= 0.6 is 15.9 Å². The molecule has 0 saturated carbocycles. The normalized spacial score (nSPS) is 12.7. The smallest absolute Gasteiger partial charge is 0.177 e. The highest BCUT2D eigenvalue weighted by molar-refractivity contribution is 9.10. The number of rotatable bonds is 3. The number of imidazole rings is 1. The topological polar surface area (TPSA) is 38.0 Å². The number of aromatic nitrogens is 2. The third-order valence-electron chi connectivity index (χ3n) is 2.50. The highest BCUT2D eigenvalue weighted by Crippen LogP contribution is 2.17. The first-order valence-corrected chi connectivity index (χ1v) is 5.87. The summed E-state index contributed by atoms with van der Waals surface area (Å²) in [5.41, 5.74) is 2.12. The number of hydrogen-bond donors (Lipinski definition) is 1. The standard InChI is InChI=1S/C12H13BrN2O/c1-9-2-4-10(5-3-9)11(16)8-15-7-6-14-12(15)13/h2-7,11,16H,8H2,1H3. The summed E-state index contributed by atoms with van der Waals surface area (Å²) in [4.78, 5) is 4.05. The molecule has 0 saturated heterocycles. The van der Waals surface area contributed by atoms with Crippen LogP contribution in [0.5, 0.6) is 0 Å². The minimum Gasteiger partial charge on any atom is -0.387 e. The monoisotopic (exact) mass is 280 g/mol. The summed E-state index contributed by atoms with van der Waals surface area (Å²) < 4.78 is 2.60. The molecule has 1 unspecified atom stereocenters. The van der Waals surface area contributed by atoms with Crippen molar-refractivity contribution in [2.24, 2.45) is 0 Å². The number of halogens is 1. The van der Waals surface area contributed by atoms with Gasteiger partial charge in [-0.05, 0) is 28.4 Å². The van der Waals surface area contributed by atoms with E-state index in [4.69, 9.17) is 0 Å². The van der Waals surface area contributed by atoms with Crippen LogP contribution in [0.1, 0.15) is 17.2 Å². The maximum absolute atomic E-state index is 10.0. The molecular formula is C12H13BrN2O. The lowest BCUT2D eigenvalue weighted by atomic mass is 10.1. The second kappa shape index (κ2) is 4.80. The van der Waals surface area contributed by atoms with Gasteiger partial charge in [-0.15, -0.1) is 0 Å². The van der Waals surface area contributed by atoms with Crippen LogP contribution < -0.4 is 0 Å². The number of benzene rings is 1. The lowest BCUT2D eigenvalue weighted by Gasteiger charge is -2.12. The maximum Gasteiger partial charge on any atom is 0.177 e. The Morgan fingerprint density at radius 1 is 1.38 bits per heavy atom. The van der Waals surface area contributed by atoms with E-state index >= 15 is 0 Å². The van der Waals surface area contributed by atoms with Crippen LogP contribution in [-0.2, 0) is 6.54 Å². The second-order valence-corrected chi connectivity index (χ2v) is 4.48. The fourth-order valence-corrected chi connectivity index (χ4v) is 1.91. The number of hydrogen-bond acceptors (Lipinski definition) is 2. The summed E-state index contributed by atoms with van der Waals surface area (Å²) in [5, 5.41) is 10.0. The zero-order valence-electron chi connectivity index (χ0n) is 8.97. The molecule has 1 aromatic heterocycles. The number of aliphatic hydroxyl groups excluding tert-OH is 1. The van der Waals surface area contributed by atoms with E-state index in [0.29, 0.717) is 6.54 Å². The number of aryl methyl sites for hydroxylation is 1. The number of nitrogens with zero attached hydrogens (tertiary/aromatic N) is 2. The molecule has 16 heavy (non-hydrogen) atoms. The average molecular weight is 281 g/mol. The lowest BCUT2D eigenvalue weighted by Crippen LogP contribution is -2.08. The Hall–Kier alpha value is -1.13. The van der Waals surface area contributed by atoms with Gasteiger partial charge < -0.3 is 9.67 Å². The fraction of sp³-hybridized carbons (Fsp3) is 0.250. The zero-order chi connectivity index (χ0) is 11.5. The third-order valence-corrected chi connectivity index (χ3v) is 3.16. The number of aliphatic hydroxyl groups is 1. The van der Waals surface area contributed by atoms with Crippen molar-refractivity contribution < 1.29 is 5.11 Å². The molecule has 2 aromatic rings. The molecule has 1 N–H and O–H groups in total. The van der Waals surface area contributed by atoms with E-state index in [1.165, 1.54) is 5.56 Å². The summed E-state index contributed by atoms with van der Waals surface area (Å²) in [6, 6.07) is 7.90. The molecule has 0 aliphatic carbocycles. The van der Waals surface area contributed by atoms with E-state index in [9.17, 15) is 5.11 Å². The van der Waals surface area contributed by atoms with Crippen LogP contribution in [0.15, 0.2) is 41.4 Å². The van der Waals surface area contributed by atoms with Gasteiger partial charge in [0.15, 0.2) is 4.73 Å². The van der Waals surface area contributed by atoms with Crippen molar-refractivity contribution in [1.82, 2.24) is 9.55 Å². The highest BCUT2D eigenvalue weighted by Gasteiger charge is 2.09. The van der Waals surface area contributed by atoms with E-state index in [0.717, 1.165) is 10.3 Å². The van der Waals surface area contributed by atoms with Gasteiger partial charge in [-0.25, -0.2) is 4.98 Å². The predicted octanol–water partition coefficient (Wildman–Crippen LogP) is 2.69. The molecule has 0 radical (unpaired) electrons. The molecule has 0 amide bonds. The summed E-state index contributed by atoms with van der Waals surface area (Å²) in [6.07, 6.45) is 3.03. The fourth-order valence-electron chi connectivity index (χ4n) is 1.53. The Morgan fingerprint density at radius 2 is 2.06 bits per heavy atom. The zero-order valence-corrected chi connectivity index (χ0v) is 10.6. The Balaban J connectivity index is 2.11. The Labute approximate surface area is 103 Å². The van der Waals surface area contributed by atoms with Gasteiger partial charge in [-0.2, -0.15) is 0 Å². The van der Waals surface area contributed by atoms with Gasteiger partial charge in [-0.1, -0.05) is 29.8 Å². The summed E-state index contributed by atoms with van der Waals surface area (Å²) in [5.74, 6) is 0. The van der Waals surface area contributed by atoms with Crippen molar-refractivity contribution in [2.75, 3.05) is 0 Å². The Kier molecular flexibility index (Phi) is 3.41. The van der Waals surface area contributed by atoms with Gasteiger partial charge in [0.25, 0.3) is 0 Å². The van der Waals surface area contributed by atoms with Crippen molar-refractivity contribution >= 4 is 15.9 Å². The van der Waals surface area contributed by atoms with E-state index < -0.39 is 6.10 Å². The summed E-state index contributed by atoms with van der Waals surface area (Å²) in [7, 11) is 0. The third kappa shape index (κ3) is 2.51. The lowest BCUT2D eigenvalue weighted by molar-refractivity contribution is 0.155. The SMILES string of the molecule is Cc1ccc(C(O)Cn2ccnc2Br)cc1. The van der Waals surface area contributed by atoms with E-state index in [1.807, 2.05) is 42.0 Å². The van der Waals surface area contributed by atoms with Crippen molar-refractivity contribution in [3.63, 3.8) is 0 Å². The molecule has 4 heteroatoms. The Bertz CT molecular complexity index is 464. The molecule has 0 aliphatic rings. The largest absolute Gasteiger partial charge is 0.387 e. The van der Waals surface area contributed by atoms with Crippen LogP contribution in [0.3, 0.4) is 0 Å². The molecule has 1 atom stereocenters. The van der Waals surface area contributed by atoms with Crippen molar-refractivity contribution in [3.05, 3.63) is 52.5 Å². The van der Waals surface area contributed by atoms with Gasteiger partial charge in [0, 0.05) is 12.4 Å². The van der Waals surface area contributed by atoms with Gasteiger partial charge in [0.2, 0.25) is 0 Å². The minimum absolute atomic E-state index is 0.504. The molecule has 0 fully saturated rings. The quantitative estimate of drug-likeness (QED) is 0.939. The van der Waals surface area contributed by atoms with Crippen LogP contribution in [0.4, 0.5) is 0 Å². The molecule has 0 spiro atoms. The average Bonchev–Trinajstić information content (AvgIpc) is 2.65. The van der Waals surface area contributed by atoms with Crippen LogP contribution in [0.25, 0.3) is 0 Å². The van der Waals surface area contributed by atoms with Crippen molar-refractivity contribution in [3.8, 4) is 0 Å². The second-order valence-electron chi connectivity index (χ2n) is 3.78. The first-order valence-electron chi connectivity index (χ1n) is 5.08. The van der Waals surface area contributed by atoms with Crippen molar-refractivity contribution in [1.29, 1.82) is 0 Å². The van der Waals surface area contributed by atoms with E-state index in [1.54, 1.807) is 6.20 Å². The first-order chi connectivity index (χ1) is 7.66. The summed E-state index contributed by atoms with van der Waals surface area (Å²) >= 11 is 3.32. The predicted molar refractivity (Wildman–Crippen MR) is 66.1 cm³/mol. The Morgan fingerprint density at radius 3 is 2.62 bits per heavy atom. The van der Waals surface area contributed by atoms with E-state index in [2.05, 4.69) is 20.9 Å². The van der Waals surface area contributed by atoms with Gasteiger partial charge in [0.05, 0.1) is 12.6 Å². The van der Waals surface area contributed by atoms with Crippen LogP contribution in [0.2, 0.25) is 0 Å². The molecule has 0 aliphatic heterocycles. The molecule has 84 valence electrons. The van der Waals surface area contributed by atoms with Crippen LogP contribution in [0, 0.1) is 6.92 Å². The van der Waals surface area contributed by atoms with Crippen molar-refractivity contribution in [2.45, 2.75) is 19.6 Å². The molecule has 2 rings (SSSR count). The molecule has 0 bridgehead atoms. The van der Waals surface area contributed by atoms with Gasteiger partial charge >= 0.3 is 0 Å². The summed E-state index contributed by atoms with van der Waals surface area (Å²) in [6.45, 7) is 2.53.